The zero-order valence-electron chi connectivity index (χ0n) is 35.4. The molecule has 14 heteroatoms. The van der Waals surface area contributed by atoms with Crippen molar-refractivity contribution in [2.75, 3.05) is 58.4 Å². The zero-order valence-corrected chi connectivity index (χ0v) is 36.2. The first-order valence-corrected chi connectivity index (χ1v) is 22.3. The number of ether oxygens (including phenoxy) is 2. The molecule has 13 nitrogen and oxygen atoms in total. The van der Waals surface area contributed by atoms with Crippen LogP contribution in [0, 0.1) is 29.1 Å². The third-order valence-electron chi connectivity index (χ3n) is 13.4. The number of nitrogens with one attached hydrogen (secondary N) is 2. The summed E-state index contributed by atoms with van der Waals surface area (Å²) in [5, 5.41) is 7.46. The Balaban J connectivity index is 1.17. The first-order valence-electron chi connectivity index (χ1n) is 21.4. The summed E-state index contributed by atoms with van der Waals surface area (Å²) in [6.07, 6.45) is 7.22. The molecule has 4 aromatic rings. The molecule has 7 heterocycles. The minimum atomic E-state index is -0.820. The fourth-order valence-corrected chi connectivity index (χ4v) is 10.4. The molecular weight excluding hydrogens is 765 g/mol. The van der Waals surface area contributed by atoms with Gasteiger partial charge in [0.25, 0.3) is 5.91 Å². The van der Waals surface area contributed by atoms with Gasteiger partial charge in [0, 0.05) is 97.1 Å². The summed E-state index contributed by atoms with van der Waals surface area (Å²) >= 11 is 1.50. The molecular formula is C45H58N8O5S. The van der Waals surface area contributed by atoms with Gasteiger partial charge in [-0.2, -0.15) is 0 Å². The number of amides is 2. The van der Waals surface area contributed by atoms with Crippen molar-refractivity contribution in [3.8, 4) is 22.4 Å². The van der Waals surface area contributed by atoms with E-state index in [1.807, 2.05) is 11.6 Å². The van der Waals surface area contributed by atoms with Gasteiger partial charge in [0.2, 0.25) is 5.91 Å². The molecule has 3 aliphatic heterocycles. The normalized spacial score (nSPS) is 27.5. The summed E-state index contributed by atoms with van der Waals surface area (Å²) in [5.74, 6) is -0.174. The number of hydrazine groups is 1. The predicted molar refractivity (Wildman–Crippen MR) is 228 cm³/mol. The molecule has 2 saturated heterocycles. The van der Waals surface area contributed by atoms with E-state index < -0.39 is 17.5 Å². The number of aryl methyl sites for hydroxylation is 1. The molecule has 0 unspecified atom stereocenters. The predicted octanol–water partition coefficient (Wildman–Crippen LogP) is 5.31. The van der Waals surface area contributed by atoms with E-state index in [0.29, 0.717) is 18.9 Å². The lowest BCUT2D eigenvalue weighted by atomic mass is 9.83. The Kier molecular flexibility index (Phi) is 10.6. The third-order valence-corrected chi connectivity index (χ3v) is 14.3. The second-order valence-corrected chi connectivity index (χ2v) is 19.4. The number of pyridine rings is 2. The van der Waals surface area contributed by atoms with Crippen LogP contribution in [0.1, 0.15) is 75.5 Å². The highest BCUT2D eigenvalue weighted by molar-refractivity contribution is 7.10. The number of carbonyl (C=O) groups excluding carboxylic acids is 3. The second-order valence-electron chi connectivity index (χ2n) is 18.5. The van der Waals surface area contributed by atoms with Crippen LogP contribution in [0.3, 0.4) is 0 Å². The lowest BCUT2D eigenvalue weighted by Gasteiger charge is -2.35. The SMILES string of the molecule is CCc1c(-c2cc(N3CCN(C)CC3)cnc2[C@H](C)OC)c2c3cc(ccn13)-c1csc(n1)C[C@H](NC(=O)[C@H]1C[C@@H]1C)C(=O)N1C[C@@H]3C[C@@H]3[C@H](N1)C(=O)OCC(C)(C)C2. The average molecular weight is 823 g/mol. The highest BCUT2D eigenvalue weighted by Crippen LogP contribution is 2.46. The smallest absolute Gasteiger partial charge is 0.325 e. The van der Waals surface area contributed by atoms with Crippen LogP contribution in [0.2, 0.25) is 0 Å². The molecule has 5 aliphatic rings. The van der Waals surface area contributed by atoms with E-state index in [9.17, 15) is 14.4 Å². The number of hydrogen-bond donors (Lipinski definition) is 2. The number of aromatic nitrogens is 3. The number of fused-ring (bicyclic) bond motifs is 8. The summed E-state index contributed by atoms with van der Waals surface area (Å²) in [5.41, 5.74) is 12.2. The molecule has 314 valence electrons. The van der Waals surface area contributed by atoms with Crippen molar-refractivity contribution in [2.24, 2.45) is 29.1 Å². The molecule has 9 rings (SSSR count). The summed E-state index contributed by atoms with van der Waals surface area (Å²) in [7, 11) is 3.90. The molecule has 2 N–H and O–H groups in total. The molecule has 6 bridgehead atoms. The molecule has 4 fully saturated rings. The number of nitrogens with zero attached hydrogens (tertiary/aromatic N) is 6. The van der Waals surface area contributed by atoms with E-state index in [-0.39, 0.29) is 54.7 Å². The zero-order chi connectivity index (χ0) is 41.3. The summed E-state index contributed by atoms with van der Waals surface area (Å²) in [4.78, 5) is 56.6. The van der Waals surface area contributed by atoms with Crippen LogP contribution in [0.4, 0.5) is 5.69 Å². The minimum absolute atomic E-state index is 0.0874. The van der Waals surface area contributed by atoms with E-state index in [0.717, 1.165) is 95.3 Å². The average Bonchev–Trinajstić information content (AvgIpc) is 4.10. The van der Waals surface area contributed by atoms with E-state index in [4.69, 9.17) is 19.4 Å². The summed E-state index contributed by atoms with van der Waals surface area (Å²) < 4.78 is 14.5. The molecule has 7 atom stereocenters. The van der Waals surface area contributed by atoms with Crippen LogP contribution < -0.4 is 15.6 Å². The molecule has 2 aliphatic carbocycles. The number of anilines is 1. The van der Waals surface area contributed by atoms with E-state index >= 15 is 0 Å². The van der Waals surface area contributed by atoms with Crippen molar-refractivity contribution in [2.45, 2.75) is 84.9 Å². The van der Waals surface area contributed by atoms with E-state index in [2.05, 4.69) is 91.0 Å². The van der Waals surface area contributed by atoms with Gasteiger partial charge in [0.1, 0.15) is 12.1 Å². The fraction of sp³-hybridized carbons (Fsp3) is 0.578. The Hall–Kier alpha value is -4.37. The number of cyclic esters (lactones) is 1. The van der Waals surface area contributed by atoms with Gasteiger partial charge in [0.15, 0.2) is 0 Å². The summed E-state index contributed by atoms with van der Waals surface area (Å²) in [6.45, 7) is 15.1. The van der Waals surface area contributed by atoms with Gasteiger partial charge in [-0.1, -0.05) is 27.7 Å². The molecule has 0 spiro atoms. The number of methoxy groups -OCH3 is 1. The number of rotatable bonds is 7. The lowest BCUT2D eigenvalue weighted by molar-refractivity contribution is -0.156. The van der Waals surface area contributed by atoms with Gasteiger partial charge in [-0.3, -0.25) is 24.4 Å². The number of piperazine rings is 1. The monoisotopic (exact) mass is 822 g/mol. The highest BCUT2D eigenvalue weighted by atomic mass is 32.1. The largest absolute Gasteiger partial charge is 0.464 e. The molecule has 0 radical (unpaired) electrons. The van der Waals surface area contributed by atoms with Crippen molar-refractivity contribution in [3.63, 3.8) is 0 Å². The van der Waals surface area contributed by atoms with Gasteiger partial charge in [-0.05, 0) is 81.2 Å². The maximum absolute atomic E-state index is 14.3. The second kappa shape index (κ2) is 15.6. The van der Waals surface area contributed by atoms with E-state index in [1.54, 1.807) is 12.1 Å². The first kappa shape index (κ1) is 40.1. The van der Waals surface area contributed by atoms with Crippen LogP contribution >= 0.6 is 11.3 Å². The van der Waals surface area contributed by atoms with Crippen LogP contribution in [0.25, 0.3) is 27.9 Å². The maximum atomic E-state index is 14.3. The Morgan fingerprint density at radius 1 is 1.17 bits per heavy atom. The third kappa shape index (κ3) is 7.77. The van der Waals surface area contributed by atoms with Crippen molar-refractivity contribution in [1.82, 2.24) is 35.0 Å². The van der Waals surface area contributed by atoms with Crippen LogP contribution in [0.15, 0.2) is 36.0 Å². The molecule has 59 heavy (non-hydrogen) atoms. The Bertz CT molecular complexity index is 2280. The van der Waals surface area contributed by atoms with Crippen LogP contribution in [0.5, 0.6) is 0 Å². The number of carbonyl (C=O) groups is 3. The van der Waals surface area contributed by atoms with E-state index in [1.165, 1.54) is 17.0 Å². The van der Waals surface area contributed by atoms with Crippen LogP contribution in [-0.4, -0.2) is 108 Å². The number of esters is 1. The van der Waals surface area contributed by atoms with Crippen molar-refractivity contribution >= 4 is 40.3 Å². The Labute approximate surface area is 350 Å². The van der Waals surface area contributed by atoms with Gasteiger partial charge in [0.05, 0.1) is 41.0 Å². The molecule has 4 aromatic heterocycles. The van der Waals surface area contributed by atoms with Gasteiger partial charge in [-0.25, -0.2) is 10.4 Å². The number of hydrogen-bond acceptors (Lipinski definition) is 11. The quantitative estimate of drug-likeness (QED) is 0.237. The minimum Gasteiger partial charge on any atom is -0.464 e. The highest BCUT2D eigenvalue weighted by Gasteiger charge is 2.53. The molecule has 2 amide bonds. The van der Waals surface area contributed by atoms with Gasteiger partial charge in [-0.15, -0.1) is 11.3 Å². The lowest BCUT2D eigenvalue weighted by Crippen LogP contribution is -2.61. The Morgan fingerprint density at radius 3 is 2.68 bits per heavy atom. The Morgan fingerprint density at radius 2 is 1.95 bits per heavy atom. The van der Waals surface area contributed by atoms with Crippen molar-refractivity contribution in [1.29, 1.82) is 0 Å². The van der Waals surface area contributed by atoms with Gasteiger partial charge < -0.3 is 29.0 Å². The maximum Gasteiger partial charge on any atom is 0.325 e. The fourth-order valence-electron chi connectivity index (χ4n) is 9.51. The van der Waals surface area contributed by atoms with Crippen molar-refractivity contribution in [3.05, 3.63) is 57.9 Å². The molecule has 2 saturated carbocycles. The number of thiazole rings is 1. The topological polar surface area (TPSA) is 134 Å². The number of likely N-dealkylation sites (N-methyl/N-ethyl adjacent to an activating group) is 1. The summed E-state index contributed by atoms with van der Waals surface area (Å²) in [6, 6.07) is 5.20. The standard InChI is InChI=1S/C45H58N8O5S/c1-8-36-39(32-18-29(21-46-40(32)26(3)57-7)51-13-11-50(6)12-14-51)33-20-45(4,5)24-58-44(56)41-31-16-28(31)22-53(49-41)43(55)34(48-42(54)30-15-25(30)2)19-38-47-35(23-59-38)27-9-10-52(36)37(33)17-27/h9-10,17-18,21,23,25-26,28,30-31,34,41,49H,8,11-16,19-20,22,24H2,1-7H3,(H,48,54)/t25-,26-,28-,30-,31-,34-,41-/m0/s1. The van der Waals surface area contributed by atoms with Crippen molar-refractivity contribution < 1.29 is 23.9 Å². The molecule has 0 aromatic carbocycles. The van der Waals surface area contributed by atoms with Gasteiger partial charge >= 0.3 is 5.97 Å². The first-order chi connectivity index (χ1) is 28.3. The van der Waals surface area contributed by atoms with Crippen LogP contribution in [-0.2, 0) is 43.1 Å².